The molecule has 2 heterocycles. The molecule has 0 unspecified atom stereocenters. The molecule has 10 heteroatoms. The van der Waals surface area contributed by atoms with E-state index >= 15 is 0 Å². The predicted molar refractivity (Wildman–Crippen MR) is 150 cm³/mol. The second-order valence-corrected chi connectivity index (χ2v) is 12.8. The Morgan fingerprint density at radius 2 is 1.51 bits per heavy atom. The number of fused-ring (bicyclic) bond motifs is 1. The van der Waals surface area contributed by atoms with Gasteiger partial charge in [0, 0.05) is 17.5 Å². The SMILES string of the molecule is O=C(NC12CC3CC(CC(C3)C1)C2)[C@H](c1csnn1)N(Cc1ccccc1)C(=O)CN1C(=O)c2ccccc2C1=O. The zero-order chi connectivity index (χ0) is 28.1. The number of carbonyl (C=O) groups excluding carboxylic acids is 4. The molecule has 3 aromatic rings. The molecule has 2 aromatic carbocycles. The number of benzene rings is 2. The van der Waals surface area contributed by atoms with Crippen LogP contribution < -0.4 is 5.32 Å². The Bertz CT molecular complexity index is 1440. The number of nitrogens with one attached hydrogen (secondary N) is 1. The maximum Gasteiger partial charge on any atom is 0.262 e. The first kappa shape index (κ1) is 26.0. The molecule has 210 valence electrons. The third kappa shape index (κ3) is 4.73. The van der Waals surface area contributed by atoms with Gasteiger partial charge in [0.05, 0.1) is 11.1 Å². The monoisotopic (exact) mass is 569 g/mol. The molecular formula is C31H31N5O4S. The summed E-state index contributed by atoms with van der Waals surface area (Å²) < 4.78 is 4.01. The van der Waals surface area contributed by atoms with Crippen LogP contribution in [0.5, 0.6) is 0 Å². The summed E-state index contributed by atoms with van der Waals surface area (Å²) in [6.07, 6.45) is 6.63. The molecule has 4 fully saturated rings. The normalized spacial score (nSPS) is 26.6. The summed E-state index contributed by atoms with van der Waals surface area (Å²) in [5.74, 6) is 0.0887. The number of hydrogen-bond acceptors (Lipinski definition) is 7. The molecule has 0 saturated heterocycles. The van der Waals surface area contributed by atoms with Crippen molar-refractivity contribution >= 4 is 35.2 Å². The zero-order valence-electron chi connectivity index (χ0n) is 22.6. The van der Waals surface area contributed by atoms with E-state index in [2.05, 4.69) is 14.9 Å². The second kappa shape index (κ2) is 10.2. The van der Waals surface area contributed by atoms with E-state index in [4.69, 9.17) is 0 Å². The van der Waals surface area contributed by atoms with Gasteiger partial charge in [0.2, 0.25) is 11.8 Å². The average Bonchev–Trinajstić information content (AvgIpc) is 3.56. The summed E-state index contributed by atoms with van der Waals surface area (Å²) in [6, 6.07) is 14.9. The van der Waals surface area contributed by atoms with Crippen LogP contribution in [0.4, 0.5) is 0 Å². The minimum absolute atomic E-state index is 0.110. The maximum atomic E-state index is 14.3. The molecule has 41 heavy (non-hydrogen) atoms. The van der Waals surface area contributed by atoms with E-state index < -0.39 is 30.3 Å². The van der Waals surface area contributed by atoms with Crippen LogP contribution in [0.2, 0.25) is 0 Å². The van der Waals surface area contributed by atoms with Crippen molar-refractivity contribution in [2.45, 2.75) is 56.7 Å². The van der Waals surface area contributed by atoms with Crippen molar-refractivity contribution in [2.75, 3.05) is 6.54 Å². The molecule has 0 spiro atoms. The number of hydrogen-bond donors (Lipinski definition) is 1. The summed E-state index contributed by atoms with van der Waals surface area (Å²) in [5, 5.41) is 9.34. The highest BCUT2D eigenvalue weighted by molar-refractivity contribution is 7.03. The predicted octanol–water partition coefficient (Wildman–Crippen LogP) is 3.99. The molecule has 4 bridgehead atoms. The second-order valence-electron chi connectivity index (χ2n) is 12.2. The van der Waals surface area contributed by atoms with E-state index in [0.717, 1.165) is 41.3 Å². The van der Waals surface area contributed by atoms with E-state index in [9.17, 15) is 19.2 Å². The van der Waals surface area contributed by atoms with Gasteiger partial charge in [0.25, 0.3) is 11.8 Å². The molecule has 8 rings (SSSR count). The Hall–Kier alpha value is -3.92. The van der Waals surface area contributed by atoms with Crippen molar-refractivity contribution in [3.8, 4) is 0 Å². The first-order valence-corrected chi connectivity index (χ1v) is 15.1. The lowest BCUT2D eigenvalue weighted by atomic mass is 9.53. The highest BCUT2D eigenvalue weighted by Crippen LogP contribution is 2.55. The number of carbonyl (C=O) groups is 4. The number of aromatic nitrogens is 2. The third-order valence-corrected chi connectivity index (χ3v) is 9.85. The molecule has 1 aliphatic heterocycles. The van der Waals surface area contributed by atoms with E-state index in [-0.39, 0.29) is 29.1 Å². The van der Waals surface area contributed by atoms with E-state index in [1.165, 1.54) is 24.2 Å². The highest BCUT2D eigenvalue weighted by Gasteiger charge is 2.52. The van der Waals surface area contributed by atoms with Gasteiger partial charge in [-0.1, -0.05) is 47.0 Å². The van der Waals surface area contributed by atoms with E-state index in [0.29, 0.717) is 23.4 Å². The third-order valence-electron chi connectivity index (χ3n) is 9.33. The minimum Gasteiger partial charge on any atom is -0.348 e. The van der Waals surface area contributed by atoms with Gasteiger partial charge < -0.3 is 10.2 Å². The molecule has 4 aliphatic carbocycles. The number of amides is 4. The first-order valence-electron chi connectivity index (χ1n) is 14.3. The van der Waals surface area contributed by atoms with Crippen LogP contribution in [-0.2, 0) is 16.1 Å². The summed E-state index contributed by atoms with van der Waals surface area (Å²) in [6.45, 7) is -0.364. The number of nitrogens with zero attached hydrogens (tertiary/aromatic N) is 4. The van der Waals surface area contributed by atoms with Crippen molar-refractivity contribution in [1.82, 2.24) is 24.7 Å². The Morgan fingerprint density at radius 1 is 0.927 bits per heavy atom. The van der Waals surface area contributed by atoms with Crippen molar-refractivity contribution in [2.24, 2.45) is 17.8 Å². The molecule has 9 nitrogen and oxygen atoms in total. The van der Waals surface area contributed by atoms with Gasteiger partial charge in [-0.25, -0.2) is 0 Å². The molecule has 4 saturated carbocycles. The van der Waals surface area contributed by atoms with Crippen LogP contribution >= 0.6 is 11.5 Å². The minimum atomic E-state index is -1.05. The molecule has 1 aromatic heterocycles. The standard InChI is InChI=1S/C31H31N5O4S/c37-26(17-36-29(39)23-8-4-5-9-24(23)30(36)40)35(16-19-6-2-1-3-7-19)27(25-18-41-34-33-25)28(38)32-31-13-20-10-21(14-31)12-22(11-20)15-31/h1-9,18,20-22,27H,10-17H2,(H,32,38)/t20?,21?,22?,27-,31?/m0/s1. The highest BCUT2D eigenvalue weighted by atomic mass is 32.1. The molecule has 4 amide bonds. The van der Waals surface area contributed by atoms with Gasteiger partial charge in [-0.05, 0) is 85.5 Å². The van der Waals surface area contributed by atoms with Gasteiger partial charge in [0.1, 0.15) is 12.2 Å². The van der Waals surface area contributed by atoms with E-state index in [1.807, 2.05) is 30.3 Å². The van der Waals surface area contributed by atoms with Gasteiger partial charge in [-0.3, -0.25) is 24.1 Å². The summed E-state index contributed by atoms with van der Waals surface area (Å²) in [4.78, 5) is 57.0. The average molecular weight is 570 g/mol. The summed E-state index contributed by atoms with van der Waals surface area (Å²) in [5.41, 5.74) is 1.49. The quantitative estimate of drug-likeness (QED) is 0.411. The molecule has 1 atom stereocenters. The van der Waals surface area contributed by atoms with Crippen LogP contribution in [-0.4, -0.2) is 55.1 Å². The summed E-state index contributed by atoms with van der Waals surface area (Å²) >= 11 is 1.12. The van der Waals surface area contributed by atoms with Crippen molar-refractivity contribution in [1.29, 1.82) is 0 Å². The van der Waals surface area contributed by atoms with Crippen LogP contribution in [0.25, 0.3) is 0 Å². The Kier molecular flexibility index (Phi) is 6.45. The fourth-order valence-electron chi connectivity index (χ4n) is 8.03. The largest absolute Gasteiger partial charge is 0.348 e. The molecular weight excluding hydrogens is 538 g/mol. The fraction of sp³-hybridized carbons (Fsp3) is 0.419. The van der Waals surface area contributed by atoms with Gasteiger partial charge in [-0.15, -0.1) is 5.10 Å². The number of imide groups is 1. The van der Waals surface area contributed by atoms with Gasteiger partial charge in [-0.2, -0.15) is 0 Å². The Morgan fingerprint density at radius 3 is 2.07 bits per heavy atom. The molecule has 0 radical (unpaired) electrons. The Labute approximate surface area is 242 Å². The molecule has 1 N–H and O–H groups in total. The maximum absolute atomic E-state index is 14.3. The van der Waals surface area contributed by atoms with Crippen molar-refractivity contribution in [3.05, 3.63) is 82.4 Å². The fourth-order valence-corrected chi connectivity index (χ4v) is 8.50. The lowest BCUT2D eigenvalue weighted by Gasteiger charge is -2.57. The smallest absolute Gasteiger partial charge is 0.262 e. The number of rotatable bonds is 8. The van der Waals surface area contributed by atoms with Gasteiger partial charge >= 0.3 is 0 Å². The zero-order valence-corrected chi connectivity index (χ0v) is 23.4. The van der Waals surface area contributed by atoms with Crippen LogP contribution in [0, 0.1) is 17.8 Å². The molecule has 5 aliphatic rings. The Balaban J connectivity index is 1.21. The van der Waals surface area contributed by atoms with Gasteiger partial charge in [0.15, 0.2) is 6.04 Å². The topological polar surface area (TPSA) is 113 Å². The van der Waals surface area contributed by atoms with Crippen LogP contribution in [0.15, 0.2) is 60.0 Å². The van der Waals surface area contributed by atoms with Crippen LogP contribution in [0.3, 0.4) is 0 Å². The lowest BCUT2D eigenvalue weighted by molar-refractivity contribution is -0.144. The van der Waals surface area contributed by atoms with E-state index in [1.54, 1.807) is 29.6 Å². The summed E-state index contributed by atoms with van der Waals surface area (Å²) in [7, 11) is 0. The lowest BCUT2D eigenvalue weighted by Crippen LogP contribution is -2.61. The van der Waals surface area contributed by atoms with Crippen molar-refractivity contribution in [3.63, 3.8) is 0 Å². The first-order chi connectivity index (χ1) is 19.9. The van der Waals surface area contributed by atoms with Crippen LogP contribution in [0.1, 0.15) is 76.5 Å². The van der Waals surface area contributed by atoms with Crippen molar-refractivity contribution < 1.29 is 19.2 Å².